The molecule has 1 saturated heterocycles. The molecule has 1 aliphatic rings. The summed E-state index contributed by atoms with van der Waals surface area (Å²) < 4.78 is 10.4. The molecule has 0 aliphatic carbocycles. The summed E-state index contributed by atoms with van der Waals surface area (Å²) >= 11 is 0. The maximum Gasteiger partial charge on any atom is 0.414 e. The number of benzene rings is 1. The van der Waals surface area contributed by atoms with Gasteiger partial charge in [0.1, 0.15) is 11.9 Å². The van der Waals surface area contributed by atoms with Gasteiger partial charge in [0.05, 0.1) is 25.9 Å². The summed E-state index contributed by atoms with van der Waals surface area (Å²) in [7, 11) is 1.58. The molecule has 1 aliphatic heterocycles. The van der Waals surface area contributed by atoms with Crippen molar-refractivity contribution in [3.63, 3.8) is 0 Å². The molecule has 1 fully saturated rings. The van der Waals surface area contributed by atoms with E-state index in [0.717, 1.165) is 18.5 Å². The normalized spacial score (nSPS) is 17.3. The summed E-state index contributed by atoms with van der Waals surface area (Å²) in [6.07, 6.45) is 1.63. The number of carbonyl (C=O) groups excluding carboxylic acids is 2. The average molecular weight is 306 g/mol. The molecular formula is C16H22N2O4. The Labute approximate surface area is 130 Å². The Hall–Kier alpha value is -2.24. The summed E-state index contributed by atoms with van der Waals surface area (Å²) in [6.45, 7) is 2.80. The molecule has 120 valence electrons. The molecule has 1 aromatic rings. The first kappa shape index (κ1) is 16.1. The average Bonchev–Trinajstić information content (AvgIpc) is 2.92. The van der Waals surface area contributed by atoms with Crippen LogP contribution in [0.4, 0.5) is 10.5 Å². The second-order valence-corrected chi connectivity index (χ2v) is 5.23. The van der Waals surface area contributed by atoms with E-state index in [2.05, 4.69) is 5.32 Å². The van der Waals surface area contributed by atoms with Crippen LogP contribution in [0.3, 0.4) is 0 Å². The number of ether oxygens (including phenoxy) is 2. The van der Waals surface area contributed by atoms with Crippen LogP contribution in [-0.2, 0) is 9.53 Å². The standard InChI is InChI=1S/C16H22N2O4/c1-3-4-8-15(19)17-10-14-11-18(16(20)22-14)12-6-5-7-13(9-12)21-2/h5-7,9,14H,3-4,8,10-11H2,1-2H3,(H,17,19). The van der Waals surface area contributed by atoms with Crippen LogP contribution in [0.5, 0.6) is 5.75 Å². The van der Waals surface area contributed by atoms with E-state index in [0.29, 0.717) is 25.3 Å². The number of nitrogens with one attached hydrogen (secondary N) is 1. The Kier molecular flexibility index (Phi) is 5.63. The zero-order valence-corrected chi connectivity index (χ0v) is 13.0. The lowest BCUT2D eigenvalue weighted by Gasteiger charge is -2.14. The molecular weight excluding hydrogens is 284 g/mol. The number of rotatable bonds is 7. The fourth-order valence-electron chi connectivity index (χ4n) is 2.27. The molecule has 1 heterocycles. The van der Waals surface area contributed by atoms with E-state index < -0.39 is 6.09 Å². The molecule has 6 heteroatoms. The minimum absolute atomic E-state index is 0.00210. The zero-order chi connectivity index (χ0) is 15.9. The predicted octanol–water partition coefficient (Wildman–Crippen LogP) is 2.33. The molecule has 1 aromatic carbocycles. The molecule has 6 nitrogen and oxygen atoms in total. The van der Waals surface area contributed by atoms with Crippen LogP contribution < -0.4 is 15.0 Å². The van der Waals surface area contributed by atoms with E-state index in [-0.39, 0.29) is 12.0 Å². The van der Waals surface area contributed by atoms with E-state index in [1.54, 1.807) is 18.1 Å². The first-order chi connectivity index (χ1) is 10.6. The fraction of sp³-hybridized carbons (Fsp3) is 0.500. The number of hydrogen-bond acceptors (Lipinski definition) is 4. The van der Waals surface area contributed by atoms with Gasteiger partial charge in [0, 0.05) is 12.5 Å². The molecule has 1 N–H and O–H groups in total. The van der Waals surface area contributed by atoms with Gasteiger partial charge in [0.25, 0.3) is 0 Å². The van der Waals surface area contributed by atoms with Crippen molar-refractivity contribution in [1.29, 1.82) is 0 Å². The van der Waals surface area contributed by atoms with Crippen LogP contribution in [0, 0.1) is 0 Å². The topological polar surface area (TPSA) is 67.9 Å². The van der Waals surface area contributed by atoms with E-state index in [9.17, 15) is 9.59 Å². The summed E-state index contributed by atoms with van der Waals surface area (Å²) in [6, 6.07) is 7.24. The molecule has 1 unspecified atom stereocenters. The second-order valence-electron chi connectivity index (χ2n) is 5.23. The largest absolute Gasteiger partial charge is 0.497 e. The minimum Gasteiger partial charge on any atom is -0.497 e. The molecule has 0 spiro atoms. The van der Waals surface area contributed by atoms with Crippen molar-refractivity contribution >= 4 is 17.7 Å². The Morgan fingerprint density at radius 2 is 2.32 bits per heavy atom. The molecule has 1 atom stereocenters. The van der Waals surface area contributed by atoms with Crippen molar-refractivity contribution < 1.29 is 19.1 Å². The van der Waals surface area contributed by atoms with Crippen molar-refractivity contribution in [3.8, 4) is 5.75 Å². The smallest absolute Gasteiger partial charge is 0.414 e. The van der Waals surface area contributed by atoms with Crippen LogP contribution in [0.1, 0.15) is 26.2 Å². The van der Waals surface area contributed by atoms with Crippen molar-refractivity contribution in [2.24, 2.45) is 0 Å². The Morgan fingerprint density at radius 3 is 3.05 bits per heavy atom. The second kappa shape index (κ2) is 7.68. The molecule has 0 radical (unpaired) electrons. The number of carbonyl (C=O) groups is 2. The summed E-state index contributed by atoms with van der Waals surface area (Å²) in [4.78, 5) is 25.1. The highest BCUT2D eigenvalue weighted by molar-refractivity contribution is 5.90. The predicted molar refractivity (Wildman–Crippen MR) is 83.1 cm³/mol. The SMILES string of the molecule is CCCCC(=O)NCC1CN(c2cccc(OC)c2)C(=O)O1. The maximum atomic E-state index is 12.0. The van der Waals surface area contributed by atoms with Gasteiger partial charge in [0.15, 0.2) is 0 Å². The van der Waals surface area contributed by atoms with Crippen LogP contribution in [0.2, 0.25) is 0 Å². The Bertz CT molecular complexity index is 533. The lowest BCUT2D eigenvalue weighted by Crippen LogP contribution is -2.34. The summed E-state index contributed by atoms with van der Waals surface area (Å²) in [5, 5.41) is 2.81. The van der Waals surface area contributed by atoms with Gasteiger partial charge in [-0.25, -0.2) is 4.79 Å². The van der Waals surface area contributed by atoms with Gasteiger partial charge in [0.2, 0.25) is 5.91 Å². The van der Waals surface area contributed by atoms with E-state index in [4.69, 9.17) is 9.47 Å². The molecule has 0 saturated carbocycles. The summed E-state index contributed by atoms with van der Waals surface area (Å²) in [5.74, 6) is 0.680. The Morgan fingerprint density at radius 1 is 1.50 bits per heavy atom. The number of unbranched alkanes of at least 4 members (excludes halogenated alkanes) is 1. The van der Waals surface area contributed by atoms with Crippen LogP contribution >= 0.6 is 0 Å². The quantitative estimate of drug-likeness (QED) is 0.839. The van der Waals surface area contributed by atoms with Gasteiger partial charge >= 0.3 is 6.09 Å². The van der Waals surface area contributed by atoms with Gasteiger partial charge in [-0.05, 0) is 18.6 Å². The molecule has 22 heavy (non-hydrogen) atoms. The van der Waals surface area contributed by atoms with Crippen LogP contribution in [-0.4, -0.2) is 38.3 Å². The van der Waals surface area contributed by atoms with E-state index in [1.807, 2.05) is 25.1 Å². The van der Waals surface area contributed by atoms with Crippen molar-refractivity contribution in [2.75, 3.05) is 25.1 Å². The van der Waals surface area contributed by atoms with E-state index >= 15 is 0 Å². The highest BCUT2D eigenvalue weighted by Gasteiger charge is 2.32. The van der Waals surface area contributed by atoms with Crippen LogP contribution in [0.15, 0.2) is 24.3 Å². The molecule has 2 rings (SSSR count). The van der Waals surface area contributed by atoms with Crippen molar-refractivity contribution in [3.05, 3.63) is 24.3 Å². The lowest BCUT2D eigenvalue weighted by atomic mass is 10.2. The third-order valence-electron chi connectivity index (χ3n) is 3.52. The third kappa shape index (κ3) is 4.13. The lowest BCUT2D eigenvalue weighted by molar-refractivity contribution is -0.121. The third-order valence-corrected chi connectivity index (χ3v) is 3.52. The Balaban J connectivity index is 1.89. The highest BCUT2D eigenvalue weighted by Crippen LogP contribution is 2.25. The van der Waals surface area contributed by atoms with Gasteiger partial charge < -0.3 is 14.8 Å². The highest BCUT2D eigenvalue weighted by atomic mass is 16.6. The number of amides is 2. The number of hydrogen-bond donors (Lipinski definition) is 1. The monoisotopic (exact) mass is 306 g/mol. The number of cyclic esters (lactones) is 1. The van der Waals surface area contributed by atoms with Crippen LogP contribution in [0.25, 0.3) is 0 Å². The number of nitrogens with zero attached hydrogens (tertiary/aromatic N) is 1. The zero-order valence-electron chi connectivity index (χ0n) is 13.0. The van der Waals surface area contributed by atoms with Crippen molar-refractivity contribution in [1.82, 2.24) is 5.32 Å². The van der Waals surface area contributed by atoms with Gasteiger partial charge in [-0.15, -0.1) is 0 Å². The number of anilines is 1. The van der Waals surface area contributed by atoms with Crippen molar-refractivity contribution in [2.45, 2.75) is 32.3 Å². The maximum absolute atomic E-state index is 12.0. The fourth-order valence-corrected chi connectivity index (χ4v) is 2.27. The van der Waals surface area contributed by atoms with Gasteiger partial charge in [-0.3, -0.25) is 9.69 Å². The first-order valence-corrected chi connectivity index (χ1v) is 7.53. The molecule has 2 amide bonds. The minimum atomic E-state index is -0.402. The van der Waals surface area contributed by atoms with Gasteiger partial charge in [-0.1, -0.05) is 19.4 Å². The van der Waals surface area contributed by atoms with E-state index in [1.165, 1.54) is 0 Å². The number of methoxy groups -OCH3 is 1. The molecule has 0 aromatic heterocycles. The van der Waals surface area contributed by atoms with Gasteiger partial charge in [-0.2, -0.15) is 0 Å². The molecule has 0 bridgehead atoms. The summed E-state index contributed by atoms with van der Waals surface area (Å²) in [5.41, 5.74) is 0.726. The first-order valence-electron chi connectivity index (χ1n) is 7.53.